The molecule has 3 amide bonds. The van der Waals surface area contributed by atoms with Crippen LogP contribution in [0.1, 0.15) is 71.5 Å². The number of nitrogen functional groups attached to an aromatic ring is 1. The molecule has 0 aliphatic heterocycles. The molecule has 5 aromatic rings. The predicted molar refractivity (Wildman–Crippen MR) is 223 cm³/mol. The number of aromatic amines is 1. The first-order valence-corrected chi connectivity index (χ1v) is 20.0. The van der Waals surface area contributed by atoms with Crippen LogP contribution in [0.25, 0.3) is 11.2 Å². The topological polar surface area (TPSA) is 262 Å². The largest absolute Gasteiger partial charge is 0.480 e. The lowest BCUT2D eigenvalue weighted by Gasteiger charge is -2.16. The third kappa shape index (κ3) is 13.4. The first-order chi connectivity index (χ1) is 28.5. The van der Waals surface area contributed by atoms with Gasteiger partial charge in [-0.1, -0.05) is 24.3 Å². The van der Waals surface area contributed by atoms with Gasteiger partial charge in [-0.15, -0.1) is 0 Å². The zero-order valence-electron chi connectivity index (χ0n) is 32.5. The Morgan fingerprint density at radius 1 is 0.864 bits per heavy atom. The van der Waals surface area contributed by atoms with Crippen molar-refractivity contribution < 1.29 is 37.9 Å². The molecule has 0 aliphatic rings. The minimum Gasteiger partial charge on any atom is -0.480 e. The summed E-state index contributed by atoms with van der Waals surface area (Å²) >= 11 is 0. The fraction of sp³-hybridized carbons (Fsp3) is 0.300. The van der Waals surface area contributed by atoms with Gasteiger partial charge >= 0.3 is 14.6 Å². The van der Waals surface area contributed by atoms with E-state index in [2.05, 4.69) is 41.2 Å². The fourth-order valence-corrected chi connectivity index (χ4v) is 6.53. The standard InChI is InChI=1S/C40H46N9O9P/c1-3-56-59(57-4-2)58-22-8-7-9-25-12-16-28(17-13-25)45-37(52)30-10-5-6-11-31(30)46-33(50)21-20-32(39(54)55)47-36(51)26-14-18-27(19-15-26)42-23-29-24-43-35-34(44-29)38(53)49-40(41)48-35/h5-6,10-19,24,32,42H,3-4,7-9,20-23H2,1-2H3,(H,45,52)(H,46,50)(H,47,51)(H,54,55)(H3,41,43,48,49,53)/t32-/m0/s1. The zero-order valence-corrected chi connectivity index (χ0v) is 33.4. The summed E-state index contributed by atoms with van der Waals surface area (Å²) in [7, 11) is -1.31. The van der Waals surface area contributed by atoms with Crippen molar-refractivity contribution in [3.05, 3.63) is 112 Å². The Kier molecular flexibility index (Phi) is 16.3. The van der Waals surface area contributed by atoms with Crippen LogP contribution in [0.5, 0.6) is 0 Å². The fourth-order valence-electron chi connectivity index (χ4n) is 5.61. The summed E-state index contributed by atoms with van der Waals surface area (Å²) in [6.07, 6.45) is 3.57. The number of carbonyl (C=O) groups is 4. The molecule has 59 heavy (non-hydrogen) atoms. The quantitative estimate of drug-likeness (QED) is 0.0341. The number of aryl methyl sites for hydroxylation is 1. The molecule has 0 saturated heterocycles. The number of para-hydroxylation sites is 1. The zero-order chi connectivity index (χ0) is 42.1. The third-order valence-corrected chi connectivity index (χ3v) is 9.88. The second-order valence-corrected chi connectivity index (χ2v) is 14.1. The molecule has 0 fully saturated rings. The number of carbonyl (C=O) groups excluding carboxylic acids is 3. The first-order valence-electron chi connectivity index (χ1n) is 18.9. The molecule has 0 bridgehead atoms. The number of carboxylic acids is 1. The third-order valence-electron chi connectivity index (χ3n) is 8.55. The number of nitrogens with zero attached hydrogens (tertiary/aromatic N) is 3. The molecule has 0 radical (unpaired) electrons. The molecule has 0 aliphatic carbocycles. The Labute approximate surface area is 340 Å². The molecule has 310 valence electrons. The van der Waals surface area contributed by atoms with Gasteiger partial charge in [0.1, 0.15) is 6.04 Å². The van der Waals surface area contributed by atoms with Gasteiger partial charge in [0, 0.05) is 23.4 Å². The van der Waals surface area contributed by atoms with Crippen molar-refractivity contribution in [2.45, 2.75) is 58.5 Å². The van der Waals surface area contributed by atoms with E-state index < -0.39 is 43.9 Å². The maximum atomic E-state index is 13.2. The van der Waals surface area contributed by atoms with E-state index in [0.717, 1.165) is 24.8 Å². The number of aliphatic carboxylic acids is 1. The van der Waals surface area contributed by atoms with E-state index >= 15 is 0 Å². The maximum absolute atomic E-state index is 13.2. The first kappa shape index (κ1) is 43.8. The minimum absolute atomic E-state index is 0.0441. The highest BCUT2D eigenvalue weighted by Gasteiger charge is 2.23. The summed E-state index contributed by atoms with van der Waals surface area (Å²) in [5.74, 6) is -3.00. The number of rotatable bonds is 22. The second-order valence-electron chi connectivity index (χ2n) is 12.9. The molecular formula is C40H46N9O9P. The van der Waals surface area contributed by atoms with Gasteiger partial charge in [-0.25, -0.2) is 14.8 Å². The number of nitrogens with two attached hydrogens (primary N) is 1. The molecule has 2 aromatic heterocycles. The number of carboxylic acid groups (broad SMARTS) is 1. The minimum atomic E-state index is -1.37. The van der Waals surface area contributed by atoms with Crippen LogP contribution in [0.2, 0.25) is 0 Å². The maximum Gasteiger partial charge on any atom is 0.332 e. The highest BCUT2D eigenvalue weighted by atomic mass is 31.2. The van der Waals surface area contributed by atoms with Crippen molar-refractivity contribution in [2.24, 2.45) is 0 Å². The number of H-pyrrole nitrogens is 1. The van der Waals surface area contributed by atoms with Crippen molar-refractivity contribution in [3.63, 3.8) is 0 Å². The van der Waals surface area contributed by atoms with E-state index in [9.17, 15) is 29.1 Å². The second kappa shape index (κ2) is 22.0. The van der Waals surface area contributed by atoms with Gasteiger partial charge in [-0.2, -0.15) is 4.98 Å². The van der Waals surface area contributed by atoms with E-state index in [0.29, 0.717) is 36.9 Å². The van der Waals surface area contributed by atoms with E-state index in [-0.39, 0.29) is 53.3 Å². The number of benzene rings is 3. The Morgan fingerprint density at radius 2 is 1.58 bits per heavy atom. The van der Waals surface area contributed by atoms with E-state index in [1.165, 1.54) is 18.3 Å². The lowest BCUT2D eigenvalue weighted by molar-refractivity contribution is -0.139. The lowest BCUT2D eigenvalue weighted by atomic mass is 10.1. The number of unbranched alkanes of at least 4 members (excludes halogenated alkanes) is 1. The normalized spacial score (nSPS) is 11.6. The van der Waals surface area contributed by atoms with Gasteiger partial charge in [-0.05, 0) is 93.6 Å². The number of amides is 3. The number of nitrogens with one attached hydrogen (secondary N) is 5. The summed E-state index contributed by atoms with van der Waals surface area (Å²) < 4.78 is 16.6. The molecule has 19 heteroatoms. The molecular weight excluding hydrogens is 781 g/mol. The van der Waals surface area contributed by atoms with Crippen LogP contribution in [0.3, 0.4) is 0 Å². The molecule has 0 saturated carbocycles. The van der Waals surface area contributed by atoms with Gasteiger partial charge in [0.2, 0.25) is 11.9 Å². The molecule has 0 unspecified atom stereocenters. The summed E-state index contributed by atoms with van der Waals surface area (Å²) in [5.41, 5.74) is 8.61. The Balaban J connectivity index is 1.07. The van der Waals surface area contributed by atoms with Crippen LogP contribution in [0, 0.1) is 0 Å². The molecule has 5 rings (SSSR count). The number of aromatic nitrogens is 4. The van der Waals surface area contributed by atoms with Gasteiger partial charge in [0.05, 0.1) is 49.5 Å². The lowest BCUT2D eigenvalue weighted by Crippen LogP contribution is -2.41. The van der Waals surface area contributed by atoms with Gasteiger partial charge < -0.3 is 45.7 Å². The van der Waals surface area contributed by atoms with Crippen LogP contribution in [0.15, 0.2) is 83.8 Å². The Hall–Kier alpha value is -6.33. The molecule has 2 heterocycles. The average Bonchev–Trinajstić information content (AvgIpc) is 3.22. The van der Waals surface area contributed by atoms with Crippen LogP contribution in [0.4, 0.5) is 23.0 Å². The van der Waals surface area contributed by atoms with Crippen molar-refractivity contribution in [3.8, 4) is 0 Å². The average molecular weight is 828 g/mol. The number of fused-ring (bicyclic) bond motifs is 1. The van der Waals surface area contributed by atoms with E-state index in [1.807, 2.05) is 38.1 Å². The SMILES string of the molecule is CCOP(OCC)OCCCCc1ccc(NC(=O)c2ccccc2NC(=O)CC[C@H](NC(=O)c2ccc(NCc3cnc4nc(N)[nH]c(=O)c4n3)cc2)C(=O)O)cc1. The van der Waals surface area contributed by atoms with Gasteiger partial charge in [-0.3, -0.25) is 24.2 Å². The number of anilines is 4. The molecule has 18 nitrogen and oxygen atoms in total. The predicted octanol–water partition coefficient (Wildman–Crippen LogP) is 5.40. The van der Waals surface area contributed by atoms with Crippen molar-refractivity contribution in [1.82, 2.24) is 25.3 Å². The summed E-state index contributed by atoms with van der Waals surface area (Å²) in [4.78, 5) is 78.1. The molecule has 1 atom stereocenters. The Bertz CT molecular complexity index is 2270. The van der Waals surface area contributed by atoms with Crippen LogP contribution >= 0.6 is 8.60 Å². The number of hydrogen-bond donors (Lipinski definition) is 7. The summed E-state index contributed by atoms with van der Waals surface area (Å²) in [6.45, 7) is 5.59. The molecule has 3 aromatic carbocycles. The van der Waals surface area contributed by atoms with Crippen LogP contribution in [-0.4, -0.2) is 74.6 Å². The monoisotopic (exact) mass is 827 g/mol. The Morgan fingerprint density at radius 3 is 2.29 bits per heavy atom. The van der Waals surface area contributed by atoms with E-state index in [1.54, 1.807) is 36.4 Å². The van der Waals surface area contributed by atoms with Crippen LogP contribution in [-0.2, 0) is 36.1 Å². The van der Waals surface area contributed by atoms with Gasteiger partial charge in [0.25, 0.3) is 17.4 Å². The van der Waals surface area contributed by atoms with Crippen molar-refractivity contribution in [2.75, 3.05) is 41.5 Å². The highest BCUT2D eigenvalue weighted by Crippen LogP contribution is 2.39. The number of hydrogen-bond acceptors (Lipinski definition) is 13. The van der Waals surface area contributed by atoms with Crippen molar-refractivity contribution in [1.29, 1.82) is 0 Å². The molecule has 8 N–H and O–H groups in total. The van der Waals surface area contributed by atoms with Gasteiger partial charge in [0.15, 0.2) is 11.2 Å². The van der Waals surface area contributed by atoms with E-state index in [4.69, 9.17) is 19.3 Å². The van der Waals surface area contributed by atoms with Crippen LogP contribution < -0.4 is 32.6 Å². The molecule has 0 spiro atoms. The highest BCUT2D eigenvalue weighted by molar-refractivity contribution is 7.41. The van der Waals surface area contributed by atoms with Crippen molar-refractivity contribution >= 4 is 66.5 Å². The smallest absolute Gasteiger partial charge is 0.332 e. The summed E-state index contributed by atoms with van der Waals surface area (Å²) in [6, 6.07) is 18.9. The summed E-state index contributed by atoms with van der Waals surface area (Å²) in [5, 5.41) is 20.9.